The average Bonchev–Trinajstić information content (AvgIpc) is 3.11. The Balaban J connectivity index is 1.70. The lowest BCUT2D eigenvalue weighted by molar-refractivity contribution is -0.145. The first-order valence-corrected chi connectivity index (χ1v) is 8.22. The van der Waals surface area contributed by atoms with E-state index in [0.29, 0.717) is 29.4 Å². The number of nitrogens with one attached hydrogen (secondary N) is 1. The van der Waals surface area contributed by atoms with Gasteiger partial charge in [0, 0.05) is 0 Å². The van der Waals surface area contributed by atoms with E-state index in [9.17, 15) is 14.7 Å². The predicted molar refractivity (Wildman–Crippen MR) is 89.6 cm³/mol. The fourth-order valence-corrected chi connectivity index (χ4v) is 3.03. The Labute approximate surface area is 148 Å². The van der Waals surface area contributed by atoms with Crippen LogP contribution in [0.5, 0.6) is 0 Å². The van der Waals surface area contributed by atoms with Gasteiger partial charge in [0.05, 0.1) is 22.9 Å². The zero-order valence-electron chi connectivity index (χ0n) is 13.3. The zero-order chi connectivity index (χ0) is 17.8. The molecule has 132 valence electrons. The molecule has 10 heteroatoms. The molecule has 0 bridgehead atoms. The standard InChI is InChI=1S/C15H17ClN6O3/c16-11-5-4-10(22-9-17-19-20-22)7-12(11)18-14(23)8-21-6-2-1-3-13(21)15(24)25/h4-5,7,9,13H,1-3,6,8H2,(H,18,23)(H,24,25). The number of benzene rings is 1. The van der Waals surface area contributed by atoms with Gasteiger partial charge in [0.15, 0.2) is 0 Å². The molecule has 25 heavy (non-hydrogen) atoms. The highest BCUT2D eigenvalue weighted by Gasteiger charge is 2.29. The number of carbonyl (C=O) groups excluding carboxylic acids is 1. The van der Waals surface area contributed by atoms with Crippen molar-refractivity contribution in [3.8, 4) is 5.69 Å². The monoisotopic (exact) mass is 364 g/mol. The number of likely N-dealkylation sites (tertiary alicyclic amines) is 1. The summed E-state index contributed by atoms with van der Waals surface area (Å²) in [5.74, 6) is -1.21. The Morgan fingerprint density at radius 2 is 2.20 bits per heavy atom. The van der Waals surface area contributed by atoms with Crippen LogP contribution in [0.4, 0.5) is 5.69 Å². The van der Waals surface area contributed by atoms with Crippen molar-refractivity contribution < 1.29 is 14.7 Å². The lowest BCUT2D eigenvalue weighted by Crippen LogP contribution is -2.47. The number of piperidine rings is 1. The third-order valence-electron chi connectivity index (χ3n) is 4.08. The molecule has 2 aromatic rings. The van der Waals surface area contributed by atoms with Gasteiger partial charge >= 0.3 is 5.97 Å². The maximum absolute atomic E-state index is 12.3. The number of rotatable bonds is 5. The third-order valence-corrected chi connectivity index (χ3v) is 4.41. The van der Waals surface area contributed by atoms with E-state index in [1.165, 1.54) is 11.0 Å². The third kappa shape index (κ3) is 4.12. The number of tetrazole rings is 1. The summed E-state index contributed by atoms with van der Waals surface area (Å²) in [5, 5.41) is 23.3. The minimum absolute atomic E-state index is 0.00239. The Kier molecular flexibility index (Phi) is 5.25. The first-order valence-electron chi connectivity index (χ1n) is 7.84. The van der Waals surface area contributed by atoms with Gasteiger partial charge in [0.1, 0.15) is 12.4 Å². The topological polar surface area (TPSA) is 113 Å². The van der Waals surface area contributed by atoms with E-state index in [-0.39, 0.29) is 12.5 Å². The molecule has 1 aliphatic rings. The summed E-state index contributed by atoms with van der Waals surface area (Å²) < 4.78 is 1.44. The summed E-state index contributed by atoms with van der Waals surface area (Å²) in [5.41, 5.74) is 1.06. The van der Waals surface area contributed by atoms with Crippen LogP contribution in [0, 0.1) is 0 Å². The molecule has 0 spiro atoms. The van der Waals surface area contributed by atoms with Crippen LogP contribution in [0.3, 0.4) is 0 Å². The van der Waals surface area contributed by atoms with Crippen molar-refractivity contribution in [3.05, 3.63) is 29.5 Å². The number of carboxylic acids is 1. The molecule has 2 N–H and O–H groups in total. The maximum Gasteiger partial charge on any atom is 0.320 e. The molecule has 3 rings (SSSR count). The van der Waals surface area contributed by atoms with Gasteiger partial charge in [-0.25, -0.2) is 4.68 Å². The second-order valence-corrected chi connectivity index (χ2v) is 6.19. The number of carbonyl (C=O) groups is 2. The average molecular weight is 365 g/mol. The smallest absolute Gasteiger partial charge is 0.320 e. The quantitative estimate of drug-likeness (QED) is 0.819. The van der Waals surface area contributed by atoms with Gasteiger partial charge in [0.2, 0.25) is 5.91 Å². The minimum Gasteiger partial charge on any atom is -0.480 e. The van der Waals surface area contributed by atoms with Gasteiger partial charge in [-0.2, -0.15) is 0 Å². The normalized spacial score (nSPS) is 18.0. The maximum atomic E-state index is 12.3. The molecule has 2 heterocycles. The number of aliphatic carboxylic acids is 1. The summed E-state index contributed by atoms with van der Waals surface area (Å²) in [6, 6.07) is 4.39. The second-order valence-electron chi connectivity index (χ2n) is 5.79. The van der Waals surface area contributed by atoms with Gasteiger partial charge < -0.3 is 10.4 Å². The van der Waals surface area contributed by atoms with E-state index >= 15 is 0 Å². The van der Waals surface area contributed by atoms with Gasteiger partial charge in [-0.1, -0.05) is 18.0 Å². The van der Waals surface area contributed by atoms with Crippen LogP contribution in [-0.4, -0.2) is 61.2 Å². The molecule has 0 saturated carbocycles. The molecular formula is C15H17ClN6O3. The van der Waals surface area contributed by atoms with Gasteiger partial charge in [-0.15, -0.1) is 5.10 Å². The number of amides is 1. The number of nitrogens with zero attached hydrogens (tertiary/aromatic N) is 5. The van der Waals surface area contributed by atoms with Crippen molar-refractivity contribution in [2.24, 2.45) is 0 Å². The van der Waals surface area contributed by atoms with Gasteiger partial charge in [0.25, 0.3) is 0 Å². The van der Waals surface area contributed by atoms with Crippen LogP contribution in [-0.2, 0) is 9.59 Å². The van der Waals surface area contributed by atoms with Crippen LogP contribution in [0.15, 0.2) is 24.5 Å². The summed E-state index contributed by atoms with van der Waals surface area (Å²) in [6.45, 7) is 0.588. The lowest BCUT2D eigenvalue weighted by Gasteiger charge is -2.32. The number of hydrogen-bond donors (Lipinski definition) is 2. The minimum atomic E-state index is -0.897. The highest BCUT2D eigenvalue weighted by Crippen LogP contribution is 2.25. The Hall–Kier alpha value is -2.52. The summed E-state index contributed by atoms with van der Waals surface area (Å²) >= 11 is 6.14. The summed E-state index contributed by atoms with van der Waals surface area (Å²) in [6.07, 6.45) is 3.72. The molecule has 0 aliphatic carbocycles. The zero-order valence-corrected chi connectivity index (χ0v) is 14.1. The van der Waals surface area contributed by atoms with E-state index in [2.05, 4.69) is 20.8 Å². The SMILES string of the molecule is O=C(CN1CCCCC1C(=O)O)Nc1cc(-n2cnnn2)ccc1Cl. The van der Waals surface area contributed by atoms with Crippen molar-refractivity contribution in [3.63, 3.8) is 0 Å². The van der Waals surface area contributed by atoms with Crippen LogP contribution in [0.2, 0.25) is 5.02 Å². The van der Waals surface area contributed by atoms with Crippen LogP contribution in [0.25, 0.3) is 5.69 Å². The molecule has 1 aromatic heterocycles. The fraction of sp³-hybridized carbons (Fsp3) is 0.400. The van der Waals surface area contributed by atoms with Crippen LogP contribution in [0.1, 0.15) is 19.3 Å². The van der Waals surface area contributed by atoms with Crippen LogP contribution < -0.4 is 5.32 Å². The molecule has 1 amide bonds. The number of aromatic nitrogens is 4. The highest BCUT2D eigenvalue weighted by atomic mass is 35.5. The molecular weight excluding hydrogens is 348 g/mol. The molecule has 1 aliphatic heterocycles. The number of anilines is 1. The molecule has 1 saturated heterocycles. The van der Waals surface area contributed by atoms with E-state index in [4.69, 9.17) is 11.6 Å². The first kappa shape index (κ1) is 17.3. The molecule has 1 aromatic carbocycles. The number of carboxylic acid groups (broad SMARTS) is 1. The Bertz CT molecular complexity index is 767. The largest absolute Gasteiger partial charge is 0.480 e. The van der Waals surface area contributed by atoms with Gasteiger partial charge in [-0.3, -0.25) is 14.5 Å². The molecule has 9 nitrogen and oxygen atoms in total. The molecule has 1 fully saturated rings. The first-order chi connectivity index (χ1) is 12.0. The summed E-state index contributed by atoms with van der Waals surface area (Å²) in [4.78, 5) is 25.3. The molecule has 1 unspecified atom stereocenters. The van der Waals surface area contributed by atoms with Crippen LogP contribution >= 0.6 is 11.6 Å². The lowest BCUT2D eigenvalue weighted by atomic mass is 10.0. The van der Waals surface area contributed by atoms with Crippen molar-refractivity contribution >= 4 is 29.2 Å². The van der Waals surface area contributed by atoms with E-state index in [1.54, 1.807) is 23.1 Å². The van der Waals surface area contributed by atoms with E-state index in [0.717, 1.165) is 12.8 Å². The van der Waals surface area contributed by atoms with E-state index in [1.807, 2.05) is 0 Å². The Morgan fingerprint density at radius 3 is 2.92 bits per heavy atom. The van der Waals surface area contributed by atoms with Crippen molar-refractivity contribution in [2.45, 2.75) is 25.3 Å². The molecule has 1 atom stereocenters. The van der Waals surface area contributed by atoms with E-state index < -0.39 is 12.0 Å². The van der Waals surface area contributed by atoms with Crippen molar-refractivity contribution in [2.75, 3.05) is 18.4 Å². The number of hydrogen-bond acceptors (Lipinski definition) is 6. The molecule has 0 radical (unpaired) electrons. The highest BCUT2D eigenvalue weighted by molar-refractivity contribution is 6.33. The fourth-order valence-electron chi connectivity index (χ4n) is 2.87. The predicted octanol–water partition coefficient (Wildman–Crippen LogP) is 1.19. The number of halogens is 1. The van der Waals surface area contributed by atoms with Crippen molar-refractivity contribution in [1.29, 1.82) is 0 Å². The summed E-state index contributed by atoms with van der Waals surface area (Å²) in [7, 11) is 0. The van der Waals surface area contributed by atoms with Crippen molar-refractivity contribution in [1.82, 2.24) is 25.1 Å². The van der Waals surface area contributed by atoms with Gasteiger partial charge in [-0.05, 0) is 48.0 Å². The Morgan fingerprint density at radius 1 is 1.36 bits per heavy atom. The second kappa shape index (κ2) is 7.58.